The molecule has 0 spiro atoms. The van der Waals surface area contributed by atoms with Crippen molar-refractivity contribution in [3.63, 3.8) is 0 Å². The highest BCUT2D eigenvalue weighted by Gasteiger charge is 2.15. The van der Waals surface area contributed by atoms with Gasteiger partial charge >= 0.3 is 0 Å². The van der Waals surface area contributed by atoms with Gasteiger partial charge in [-0.1, -0.05) is 121 Å². The quantitative estimate of drug-likeness (QED) is 0.210. The smallest absolute Gasteiger partial charge is 0.160 e. The lowest BCUT2D eigenvalue weighted by atomic mass is 9.98. The number of benzene rings is 7. The Bertz CT molecular complexity index is 2530. The van der Waals surface area contributed by atoms with Gasteiger partial charge in [0.25, 0.3) is 0 Å². The number of nitrogens with zero attached hydrogens (tertiary/aromatic N) is 2. The maximum Gasteiger partial charge on any atom is 0.160 e. The fourth-order valence-electron chi connectivity index (χ4n) is 6.41. The minimum absolute atomic E-state index is 0.708. The molecule has 0 unspecified atom stereocenters. The molecule has 0 saturated carbocycles. The van der Waals surface area contributed by atoms with Crippen molar-refractivity contribution < 1.29 is 4.42 Å². The van der Waals surface area contributed by atoms with Crippen LogP contribution in [-0.4, -0.2) is 9.97 Å². The summed E-state index contributed by atoms with van der Waals surface area (Å²) in [6.45, 7) is 0. The van der Waals surface area contributed by atoms with Gasteiger partial charge in [-0.3, -0.25) is 0 Å². The van der Waals surface area contributed by atoms with E-state index in [-0.39, 0.29) is 0 Å². The number of rotatable bonds is 4. The van der Waals surface area contributed by atoms with Crippen molar-refractivity contribution in [3.05, 3.63) is 158 Å². The van der Waals surface area contributed by atoms with Crippen molar-refractivity contribution in [1.82, 2.24) is 9.97 Å². The molecule has 0 radical (unpaired) electrons. The number of furan rings is 1. The first-order valence-corrected chi connectivity index (χ1v) is 15.2. The van der Waals surface area contributed by atoms with Gasteiger partial charge in [0, 0.05) is 32.7 Å². The van der Waals surface area contributed by atoms with Gasteiger partial charge in [0.2, 0.25) is 0 Å². The lowest BCUT2D eigenvalue weighted by Gasteiger charge is -2.11. The summed E-state index contributed by atoms with van der Waals surface area (Å²) < 4.78 is 6.31. The molecule has 45 heavy (non-hydrogen) atoms. The average Bonchev–Trinajstić information content (AvgIpc) is 3.51. The van der Waals surface area contributed by atoms with Crippen LogP contribution in [0, 0.1) is 0 Å². The van der Waals surface area contributed by atoms with E-state index in [1.165, 1.54) is 11.1 Å². The SMILES string of the molecule is c1ccc(-c2ccc(-c3cccc(-c4nc(-c5ccc6c(ccc7c8ccccc8oc67)c5)c5ccccc5n4)c3)cc2)cc1. The summed E-state index contributed by atoms with van der Waals surface area (Å²) in [6, 6.07) is 55.0. The molecular weight excluding hydrogens is 548 g/mol. The molecule has 0 fully saturated rings. The molecule has 2 heterocycles. The minimum atomic E-state index is 0.708. The van der Waals surface area contributed by atoms with Crippen molar-refractivity contribution >= 4 is 43.6 Å². The van der Waals surface area contributed by atoms with Crippen molar-refractivity contribution in [2.75, 3.05) is 0 Å². The van der Waals surface area contributed by atoms with Crippen LogP contribution in [0.3, 0.4) is 0 Å². The molecule has 9 rings (SSSR count). The Balaban J connectivity index is 1.14. The summed E-state index contributed by atoms with van der Waals surface area (Å²) in [6.07, 6.45) is 0. The predicted octanol–water partition coefficient (Wildman–Crippen LogP) is 11.4. The number of hydrogen-bond acceptors (Lipinski definition) is 3. The van der Waals surface area contributed by atoms with E-state index in [2.05, 4.69) is 127 Å². The van der Waals surface area contributed by atoms with Crippen LogP contribution in [0.4, 0.5) is 0 Å². The van der Waals surface area contributed by atoms with Crippen molar-refractivity contribution in [2.45, 2.75) is 0 Å². The zero-order valence-corrected chi connectivity index (χ0v) is 24.3. The lowest BCUT2D eigenvalue weighted by Crippen LogP contribution is -1.95. The van der Waals surface area contributed by atoms with Crippen LogP contribution < -0.4 is 0 Å². The molecule has 0 amide bonds. The Morgan fingerprint density at radius 1 is 0.378 bits per heavy atom. The second kappa shape index (κ2) is 10.3. The molecule has 0 aliphatic carbocycles. The Morgan fingerprint density at radius 2 is 1.02 bits per heavy atom. The summed E-state index contributed by atoms with van der Waals surface area (Å²) in [5.74, 6) is 0.708. The normalized spacial score (nSPS) is 11.6. The van der Waals surface area contributed by atoms with Crippen LogP contribution >= 0.6 is 0 Å². The molecule has 2 aromatic heterocycles. The van der Waals surface area contributed by atoms with E-state index in [4.69, 9.17) is 14.4 Å². The first-order valence-electron chi connectivity index (χ1n) is 15.2. The standard InChI is InChI=1S/C42H26N2O/c1-2-9-27(10-3-1)28-17-19-29(20-18-28)30-11-8-12-33(25-30)42-43-38-15-6-4-14-37(38)40(44-42)32-22-23-34-31(26-32)21-24-36-35-13-5-7-16-39(35)45-41(34)36/h1-26H. The molecule has 0 saturated heterocycles. The molecule has 0 aliphatic rings. The van der Waals surface area contributed by atoms with Crippen LogP contribution in [-0.2, 0) is 0 Å². The van der Waals surface area contributed by atoms with Crippen LogP contribution in [0.15, 0.2) is 162 Å². The highest BCUT2D eigenvalue weighted by atomic mass is 16.3. The third kappa shape index (κ3) is 4.37. The largest absolute Gasteiger partial charge is 0.455 e. The van der Waals surface area contributed by atoms with E-state index in [0.29, 0.717) is 5.82 Å². The van der Waals surface area contributed by atoms with E-state index >= 15 is 0 Å². The first kappa shape index (κ1) is 25.4. The Morgan fingerprint density at radius 3 is 1.89 bits per heavy atom. The number of fused-ring (bicyclic) bond motifs is 6. The number of hydrogen-bond donors (Lipinski definition) is 0. The van der Waals surface area contributed by atoms with E-state index in [1.807, 2.05) is 30.3 Å². The van der Waals surface area contributed by atoms with Crippen LogP contribution in [0.1, 0.15) is 0 Å². The molecule has 0 bridgehead atoms. The summed E-state index contributed by atoms with van der Waals surface area (Å²) >= 11 is 0. The second-order valence-corrected chi connectivity index (χ2v) is 11.4. The van der Waals surface area contributed by atoms with Crippen molar-refractivity contribution in [2.24, 2.45) is 0 Å². The maximum absolute atomic E-state index is 6.31. The average molecular weight is 575 g/mol. The first-order chi connectivity index (χ1) is 22.3. The predicted molar refractivity (Wildman–Crippen MR) is 186 cm³/mol. The summed E-state index contributed by atoms with van der Waals surface area (Å²) in [7, 11) is 0. The fraction of sp³-hybridized carbons (Fsp3) is 0. The van der Waals surface area contributed by atoms with Crippen LogP contribution in [0.2, 0.25) is 0 Å². The Kier molecular flexibility index (Phi) is 5.82. The van der Waals surface area contributed by atoms with E-state index in [0.717, 1.165) is 71.6 Å². The lowest BCUT2D eigenvalue weighted by molar-refractivity contribution is 0.672. The monoisotopic (exact) mass is 574 g/mol. The van der Waals surface area contributed by atoms with Gasteiger partial charge in [0.15, 0.2) is 5.82 Å². The topological polar surface area (TPSA) is 38.9 Å². The van der Waals surface area contributed by atoms with Crippen LogP contribution in [0.25, 0.3) is 88.5 Å². The van der Waals surface area contributed by atoms with Gasteiger partial charge in [0.1, 0.15) is 11.2 Å². The maximum atomic E-state index is 6.31. The molecule has 3 nitrogen and oxygen atoms in total. The molecule has 0 atom stereocenters. The summed E-state index contributed by atoms with van der Waals surface area (Å²) in [5.41, 5.74) is 10.4. The van der Waals surface area contributed by atoms with Crippen molar-refractivity contribution in [1.29, 1.82) is 0 Å². The van der Waals surface area contributed by atoms with Gasteiger partial charge in [-0.05, 0) is 64.0 Å². The molecule has 0 N–H and O–H groups in total. The highest BCUT2D eigenvalue weighted by molar-refractivity contribution is 6.15. The zero-order valence-electron chi connectivity index (χ0n) is 24.3. The Hall–Kier alpha value is -6.06. The van der Waals surface area contributed by atoms with Gasteiger partial charge < -0.3 is 4.42 Å². The van der Waals surface area contributed by atoms with Gasteiger partial charge in [-0.15, -0.1) is 0 Å². The molecule has 210 valence electrons. The molecular formula is C42H26N2O. The second-order valence-electron chi connectivity index (χ2n) is 11.4. The zero-order chi connectivity index (χ0) is 29.7. The number of para-hydroxylation sites is 2. The molecule has 9 aromatic rings. The Labute approximate surface area is 260 Å². The fourth-order valence-corrected chi connectivity index (χ4v) is 6.41. The van der Waals surface area contributed by atoms with E-state index < -0.39 is 0 Å². The summed E-state index contributed by atoms with van der Waals surface area (Å²) in [5, 5.41) is 5.51. The van der Waals surface area contributed by atoms with Gasteiger partial charge in [0.05, 0.1) is 11.2 Å². The summed E-state index contributed by atoms with van der Waals surface area (Å²) in [4.78, 5) is 10.2. The third-order valence-corrected chi connectivity index (χ3v) is 8.68. The van der Waals surface area contributed by atoms with Crippen LogP contribution in [0.5, 0.6) is 0 Å². The minimum Gasteiger partial charge on any atom is -0.455 e. The highest BCUT2D eigenvalue weighted by Crippen LogP contribution is 2.37. The van der Waals surface area contributed by atoms with Gasteiger partial charge in [-0.2, -0.15) is 0 Å². The van der Waals surface area contributed by atoms with E-state index in [9.17, 15) is 0 Å². The van der Waals surface area contributed by atoms with E-state index in [1.54, 1.807) is 0 Å². The molecule has 3 heteroatoms. The third-order valence-electron chi connectivity index (χ3n) is 8.68. The number of aromatic nitrogens is 2. The molecule has 7 aromatic carbocycles. The van der Waals surface area contributed by atoms with Gasteiger partial charge in [-0.25, -0.2) is 9.97 Å². The molecule has 0 aliphatic heterocycles. The van der Waals surface area contributed by atoms with Crippen molar-refractivity contribution in [3.8, 4) is 44.9 Å².